The van der Waals surface area contributed by atoms with Gasteiger partial charge in [-0.25, -0.2) is 9.78 Å². The zero-order valence-electron chi connectivity index (χ0n) is 12.6. The molecule has 1 amide bonds. The Balaban J connectivity index is 1.77. The van der Waals surface area contributed by atoms with Gasteiger partial charge in [-0.2, -0.15) is 10.2 Å². The largest absolute Gasteiger partial charge is 0.447 e. The van der Waals surface area contributed by atoms with Crippen LogP contribution in [0.1, 0.15) is 24.1 Å². The molecule has 1 aromatic heterocycles. The highest BCUT2D eigenvalue weighted by Crippen LogP contribution is 2.21. The molecule has 1 N–H and O–H groups in total. The lowest BCUT2D eigenvalue weighted by atomic mass is 10.1. The molecule has 7 heteroatoms. The van der Waals surface area contributed by atoms with Crippen molar-refractivity contribution >= 4 is 17.9 Å². The summed E-state index contributed by atoms with van der Waals surface area (Å²) < 4.78 is 4.91. The topological polar surface area (TPSA) is 91.1 Å². The Bertz CT molecular complexity index is 771. The minimum Gasteiger partial charge on any atom is -0.447 e. The lowest BCUT2D eigenvalue weighted by Crippen LogP contribution is -2.25. The molecule has 1 saturated heterocycles. The number of hydrogen-bond donors (Lipinski definition) is 1. The van der Waals surface area contributed by atoms with Crippen molar-refractivity contribution in [3.63, 3.8) is 0 Å². The van der Waals surface area contributed by atoms with Gasteiger partial charge in [0.1, 0.15) is 12.4 Å². The van der Waals surface area contributed by atoms with E-state index >= 15 is 0 Å². The SMILES string of the molecule is C[C@H](Nc1nccc(N2CCOC2=O)n1)c1cccc(C#N)c1. The molecule has 0 radical (unpaired) electrons. The van der Waals surface area contributed by atoms with Gasteiger partial charge >= 0.3 is 6.09 Å². The number of amides is 1. The maximum atomic E-state index is 11.6. The number of carbonyl (C=O) groups is 1. The van der Waals surface area contributed by atoms with E-state index in [1.54, 1.807) is 18.3 Å². The van der Waals surface area contributed by atoms with Crippen LogP contribution in [0.15, 0.2) is 36.5 Å². The fraction of sp³-hybridized carbons (Fsp3) is 0.250. The van der Waals surface area contributed by atoms with Gasteiger partial charge in [0.05, 0.1) is 24.2 Å². The van der Waals surface area contributed by atoms with E-state index < -0.39 is 6.09 Å². The van der Waals surface area contributed by atoms with Crippen molar-refractivity contribution in [2.75, 3.05) is 23.4 Å². The van der Waals surface area contributed by atoms with Gasteiger partial charge in [0.2, 0.25) is 5.95 Å². The predicted octanol–water partition coefficient (Wildman–Crippen LogP) is 2.48. The van der Waals surface area contributed by atoms with Crippen molar-refractivity contribution in [2.24, 2.45) is 0 Å². The van der Waals surface area contributed by atoms with Crippen LogP contribution in [0.4, 0.5) is 16.6 Å². The molecule has 7 nitrogen and oxygen atoms in total. The number of nitrogens with zero attached hydrogens (tertiary/aromatic N) is 4. The Morgan fingerprint density at radius 2 is 2.30 bits per heavy atom. The number of aromatic nitrogens is 2. The van der Waals surface area contributed by atoms with Crippen molar-refractivity contribution in [1.29, 1.82) is 5.26 Å². The fourth-order valence-corrected chi connectivity index (χ4v) is 2.33. The second kappa shape index (κ2) is 6.32. The van der Waals surface area contributed by atoms with Crippen molar-refractivity contribution in [3.8, 4) is 6.07 Å². The molecule has 0 bridgehead atoms. The molecule has 1 aliphatic heterocycles. The van der Waals surface area contributed by atoms with Crippen molar-refractivity contribution in [2.45, 2.75) is 13.0 Å². The quantitative estimate of drug-likeness (QED) is 0.933. The Labute approximate surface area is 133 Å². The van der Waals surface area contributed by atoms with E-state index in [4.69, 9.17) is 10.00 Å². The summed E-state index contributed by atoms with van der Waals surface area (Å²) in [6.45, 7) is 2.80. The van der Waals surface area contributed by atoms with Gasteiger partial charge in [-0.05, 0) is 30.7 Å². The van der Waals surface area contributed by atoms with Gasteiger partial charge in [0, 0.05) is 6.20 Å². The molecule has 0 unspecified atom stereocenters. The Hall–Kier alpha value is -3.14. The first-order chi connectivity index (χ1) is 11.2. The Morgan fingerprint density at radius 1 is 1.43 bits per heavy atom. The summed E-state index contributed by atoms with van der Waals surface area (Å²) in [4.78, 5) is 21.6. The van der Waals surface area contributed by atoms with Gasteiger partial charge in [-0.3, -0.25) is 4.90 Å². The van der Waals surface area contributed by atoms with Crippen LogP contribution in [0.3, 0.4) is 0 Å². The van der Waals surface area contributed by atoms with Crippen LogP contribution >= 0.6 is 0 Å². The number of carbonyl (C=O) groups excluding carboxylic acids is 1. The van der Waals surface area contributed by atoms with Crippen molar-refractivity contribution in [1.82, 2.24) is 9.97 Å². The predicted molar refractivity (Wildman–Crippen MR) is 83.9 cm³/mol. The van der Waals surface area contributed by atoms with Gasteiger partial charge in [0.15, 0.2) is 0 Å². The number of nitriles is 1. The summed E-state index contributed by atoms with van der Waals surface area (Å²) in [6.07, 6.45) is 1.19. The molecule has 1 fully saturated rings. The molecule has 2 heterocycles. The molecule has 1 aromatic carbocycles. The molecule has 1 atom stereocenters. The van der Waals surface area contributed by atoms with Gasteiger partial charge in [-0.1, -0.05) is 12.1 Å². The van der Waals surface area contributed by atoms with Crippen LogP contribution in [0.2, 0.25) is 0 Å². The molecule has 0 aliphatic carbocycles. The molecule has 3 rings (SSSR count). The normalized spacial score (nSPS) is 15.0. The average molecular weight is 309 g/mol. The van der Waals surface area contributed by atoms with Crippen LogP contribution < -0.4 is 10.2 Å². The zero-order chi connectivity index (χ0) is 16.2. The number of cyclic esters (lactones) is 1. The third-order valence-corrected chi connectivity index (χ3v) is 3.54. The van der Waals surface area contributed by atoms with E-state index in [0.717, 1.165) is 5.56 Å². The van der Waals surface area contributed by atoms with E-state index in [0.29, 0.717) is 30.5 Å². The van der Waals surface area contributed by atoms with Gasteiger partial charge in [-0.15, -0.1) is 0 Å². The molecular formula is C16H15N5O2. The summed E-state index contributed by atoms with van der Waals surface area (Å²) in [5, 5.41) is 12.1. The van der Waals surface area contributed by atoms with Crippen LogP contribution in [0.25, 0.3) is 0 Å². The summed E-state index contributed by atoms with van der Waals surface area (Å²) in [5.41, 5.74) is 1.56. The highest BCUT2D eigenvalue weighted by Gasteiger charge is 2.25. The number of ether oxygens (including phenoxy) is 1. The zero-order valence-corrected chi connectivity index (χ0v) is 12.6. The molecule has 116 valence electrons. The lowest BCUT2D eigenvalue weighted by molar-refractivity contribution is 0.181. The van der Waals surface area contributed by atoms with Crippen LogP contribution in [0, 0.1) is 11.3 Å². The van der Waals surface area contributed by atoms with Gasteiger partial charge < -0.3 is 10.1 Å². The smallest absolute Gasteiger partial charge is 0.415 e. The van der Waals surface area contributed by atoms with Gasteiger partial charge in [0.25, 0.3) is 0 Å². The average Bonchev–Trinajstić information content (AvgIpc) is 3.01. The molecule has 1 aliphatic rings. The second-order valence-corrected chi connectivity index (χ2v) is 5.11. The lowest BCUT2D eigenvalue weighted by Gasteiger charge is -2.16. The first-order valence-corrected chi connectivity index (χ1v) is 7.21. The van der Waals surface area contributed by atoms with E-state index in [1.165, 1.54) is 4.90 Å². The number of benzene rings is 1. The molecule has 0 saturated carbocycles. The van der Waals surface area contributed by atoms with E-state index in [-0.39, 0.29) is 6.04 Å². The number of anilines is 2. The Kier molecular flexibility index (Phi) is 4.06. The number of hydrogen-bond acceptors (Lipinski definition) is 6. The number of nitrogens with one attached hydrogen (secondary N) is 1. The minimum absolute atomic E-state index is 0.0796. The summed E-state index contributed by atoms with van der Waals surface area (Å²) in [7, 11) is 0. The first kappa shape index (κ1) is 14.8. The van der Waals surface area contributed by atoms with E-state index in [9.17, 15) is 4.79 Å². The third kappa shape index (κ3) is 3.21. The fourth-order valence-electron chi connectivity index (χ4n) is 2.33. The van der Waals surface area contributed by atoms with Crippen LogP contribution in [-0.2, 0) is 4.74 Å². The van der Waals surface area contributed by atoms with Crippen molar-refractivity contribution in [3.05, 3.63) is 47.7 Å². The molecule has 2 aromatic rings. The maximum Gasteiger partial charge on any atom is 0.415 e. The second-order valence-electron chi connectivity index (χ2n) is 5.11. The minimum atomic E-state index is -0.399. The highest BCUT2D eigenvalue weighted by molar-refractivity contribution is 5.88. The number of rotatable bonds is 4. The molecule has 23 heavy (non-hydrogen) atoms. The maximum absolute atomic E-state index is 11.6. The molecule has 0 spiro atoms. The third-order valence-electron chi connectivity index (χ3n) is 3.54. The monoisotopic (exact) mass is 309 g/mol. The Morgan fingerprint density at radius 3 is 3.04 bits per heavy atom. The summed E-state index contributed by atoms with van der Waals surface area (Å²) in [5.74, 6) is 0.917. The van der Waals surface area contributed by atoms with Crippen LogP contribution in [-0.4, -0.2) is 29.2 Å². The van der Waals surface area contributed by atoms with E-state index in [1.807, 2.05) is 25.1 Å². The standard InChI is InChI=1S/C16H15N5O2/c1-11(13-4-2-3-12(9-13)10-17)19-15-18-6-5-14(20-15)21-7-8-23-16(21)22/h2-6,9,11H,7-8H2,1H3,(H,18,19,20)/t11-/m0/s1. The molecular weight excluding hydrogens is 294 g/mol. The summed E-state index contributed by atoms with van der Waals surface area (Å²) in [6, 6.07) is 11.0. The highest BCUT2D eigenvalue weighted by atomic mass is 16.6. The first-order valence-electron chi connectivity index (χ1n) is 7.21. The summed E-state index contributed by atoms with van der Waals surface area (Å²) >= 11 is 0. The van der Waals surface area contributed by atoms with Crippen LogP contribution in [0.5, 0.6) is 0 Å². The van der Waals surface area contributed by atoms with E-state index in [2.05, 4.69) is 21.4 Å². The van der Waals surface area contributed by atoms with Crippen molar-refractivity contribution < 1.29 is 9.53 Å².